The van der Waals surface area contributed by atoms with Crippen LogP contribution in [0.15, 0.2) is 24.3 Å². The minimum atomic E-state index is -1.57. The Morgan fingerprint density at radius 3 is 1.97 bits per heavy atom. The molecular formula is C26H47NO3Si. The first-order chi connectivity index (χ1) is 14.6. The van der Waals surface area contributed by atoms with Gasteiger partial charge in [-0.3, -0.25) is 4.79 Å². The molecule has 0 aliphatic carbocycles. The molecule has 0 radical (unpaired) electrons. The van der Waals surface area contributed by atoms with E-state index < -0.39 is 8.32 Å². The molecule has 0 aliphatic rings. The van der Waals surface area contributed by atoms with Crippen molar-refractivity contribution in [2.24, 2.45) is 0 Å². The number of phenolic OH excluding ortho intramolecular Hbond substituents is 1. The summed E-state index contributed by atoms with van der Waals surface area (Å²) in [6, 6.07) is 7.15. The summed E-state index contributed by atoms with van der Waals surface area (Å²) in [5.41, 5.74) is 1.13. The largest absolute Gasteiger partial charge is 0.508 e. The lowest BCUT2D eigenvalue weighted by Gasteiger charge is -2.36. The van der Waals surface area contributed by atoms with E-state index in [1.54, 1.807) is 12.1 Å². The number of unbranched alkanes of at least 4 members (excludes halogenated alkanes) is 8. The predicted octanol–water partition coefficient (Wildman–Crippen LogP) is 6.97. The van der Waals surface area contributed by atoms with Gasteiger partial charge in [-0.1, -0.05) is 77.8 Å². The van der Waals surface area contributed by atoms with Crippen LogP contribution in [0.5, 0.6) is 5.75 Å². The van der Waals surface area contributed by atoms with Gasteiger partial charge in [0.05, 0.1) is 0 Å². The average molecular weight is 450 g/mol. The zero-order valence-electron chi connectivity index (χ0n) is 20.8. The molecule has 1 rings (SSSR count). The quantitative estimate of drug-likeness (QED) is 0.211. The van der Waals surface area contributed by atoms with Crippen LogP contribution in [0.25, 0.3) is 0 Å². The number of hydrogen-bond donors (Lipinski definition) is 2. The molecule has 0 heterocycles. The topological polar surface area (TPSA) is 58.6 Å². The first-order valence-corrected chi connectivity index (χ1v) is 15.2. The monoisotopic (exact) mass is 449 g/mol. The van der Waals surface area contributed by atoms with Crippen LogP contribution < -0.4 is 5.32 Å². The standard InChI is InChI=1S/C26H47NO3Si/c1-26(2,3)31(4,5)30-22-14-12-10-8-6-7-9-11-13-15-25(29)27-21-20-23-16-18-24(28)19-17-23/h16-19,28H,6-15,20-22H2,1-5H3,(H,27,29). The van der Waals surface area contributed by atoms with Crippen molar-refractivity contribution < 1.29 is 14.3 Å². The Bertz CT molecular complexity index is 608. The molecule has 0 aliphatic heterocycles. The summed E-state index contributed by atoms with van der Waals surface area (Å²) < 4.78 is 6.23. The molecule has 0 spiro atoms. The fourth-order valence-electron chi connectivity index (χ4n) is 3.27. The molecule has 0 atom stereocenters. The highest BCUT2D eigenvalue weighted by molar-refractivity contribution is 6.74. The number of phenols is 1. The molecular weight excluding hydrogens is 402 g/mol. The molecule has 0 aromatic heterocycles. The van der Waals surface area contributed by atoms with Gasteiger partial charge in [0.25, 0.3) is 0 Å². The van der Waals surface area contributed by atoms with Gasteiger partial charge >= 0.3 is 0 Å². The Kier molecular flexibility index (Phi) is 13.1. The van der Waals surface area contributed by atoms with Crippen LogP contribution in [0.4, 0.5) is 0 Å². The highest BCUT2D eigenvalue weighted by Gasteiger charge is 2.36. The highest BCUT2D eigenvalue weighted by atomic mass is 28.4. The van der Waals surface area contributed by atoms with Crippen molar-refractivity contribution in [1.82, 2.24) is 5.32 Å². The molecule has 4 nitrogen and oxygen atoms in total. The maximum atomic E-state index is 11.9. The van der Waals surface area contributed by atoms with Gasteiger partial charge in [-0.2, -0.15) is 0 Å². The van der Waals surface area contributed by atoms with Crippen molar-refractivity contribution in [2.45, 2.75) is 110 Å². The number of carbonyl (C=O) groups is 1. The van der Waals surface area contributed by atoms with Crippen LogP contribution in [0.2, 0.25) is 18.1 Å². The molecule has 0 saturated carbocycles. The van der Waals surface area contributed by atoms with Crippen LogP contribution in [-0.2, 0) is 15.6 Å². The molecule has 0 bridgehead atoms. The maximum absolute atomic E-state index is 11.9. The van der Waals surface area contributed by atoms with Crippen LogP contribution in [0.1, 0.15) is 90.5 Å². The van der Waals surface area contributed by atoms with Crippen LogP contribution >= 0.6 is 0 Å². The second kappa shape index (κ2) is 14.7. The molecule has 0 fully saturated rings. The third-order valence-corrected chi connectivity index (χ3v) is 11.0. The summed E-state index contributed by atoms with van der Waals surface area (Å²) in [5, 5.41) is 12.6. The Labute approximate surface area is 192 Å². The molecule has 0 unspecified atom stereocenters. The number of amides is 1. The average Bonchev–Trinajstić information content (AvgIpc) is 2.69. The van der Waals surface area contributed by atoms with E-state index in [0.29, 0.717) is 18.0 Å². The lowest BCUT2D eigenvalue weighted by atomic mass is 10.1. The number of aromatic hydroxyl groups is 1. The molecule has 31 heavy (non-hydrogen) atoms. The number of carbonyl (C=O) groups excluding carboxylic acids is 1. The fraction of sp³-hybridized carbons (Fsp3) is 0.731. The third kappa shape index (κ3) is 13.0. The smallest absolute Gasteiger partial charge is 0.220 e. The van der Waals surface area contributed by atoms with Gasteiger partial charge in [0.15, 0.2) is 8.32 Å². The Morgan fingerprint density at radius 2 is 1.42 bits per heavy atom. The molecule has 5 heteroatoms. The SMILES string of the molecule is CC(C)(C)[Si](C)(C)OCCCCCCCCCCCC(=O)NCCc1ccc(O)cc1. The number of hydrogen-bond acceptors (Lipinski definition) is 3. The second-order valence-corrected chi connectivity index (χ2v) is 15.1. The summed E-state index contributed by atoms with van der Waals surface area (Å²) in [6.45, 7) is 13.1. The third-order valence-electron chi connectivity index (χ3n) is 6.49. The van der Waals surface area contributed by atoms with Crippen molar-refractivity contribution in [1.29, 1.82) is 0 Å². The molecule has 178 valence electrons. The van der Waals surface area contributed by atoms with Gasteiger partial charge in [-0.05, 0) is 55.1 Å². The van der Waals surface area contributed by atoms with E-state index in [4.69, 9.17) is 4.43 Å². The number of nitrogens with one attached hydrogen (secondary N) is 1. The van der Waals surface area contributed by atoms with Crippen molar-refractivity contribution in [3.63, 3.8) is 0 Å². The Hall–Kier alpha value is -1.33. The van der Waals surface area contributed by atoms with E-state index in [9.17, 15) is 9.90 Å². The molecule has 1 aromatic rings. The Balaban J connectivity index is 1.87. The van der Waals surface area contributed by atoms with Crippen LogP contribution in [-0.4, -0.2) is 32.5 Å². The maximum Gasteiger partial charge on any atom is 0.220 e. The van der Waals surface area contributed by atoms with Crippen molar-refractivity contribution >= 4 is 14.2 Å². The molecule has 1 amide bonds. The van der Waals surface area contributed by atoms with Crippen molar-refractivity contribution in [2.75, 3.05) is 13.2 Å². The number of rotatable bonds is 16. The van der Waals surface area contributed by atoms with E-state index in [-0.39, 0.29) is 11.7 Å². The van der Waals surface area contributed by atoms with Gasteiger partial charge in [0, 0.05) is 19.6 Å². The summed E-state index contributed by atoms with van der Waals surface area (Å²) in [6.07, 6.45) is 12.5. The van der Waals surface area contributed by atoms with Gasteiger partial charge in [0.2, 0.25) is 5.91 Å². The van der Waals surface area contributed by atoms with E-state index in [0.717, 1.165) is 31.4 Å². The zero-order valence-corrected chi connectivity index (χ0v) is 21.8. The first kappa shape index (κ1) is 27.7. The minimum absolute atomic E-state index is 0.152. The fourth-order valence-corrected chi connectivity index (χ4v) is 4.35. The van der Waals surface area contributed by atoms with Gasteiger partial charge in [-0.25, -0.2) is 0 Å². The van der Waals surface area contributed by atoms with E-state index in [1.807, 2.05) is 12.1 Å². The zero-order chi connectivity index (χ0) is 23.2. The lowest BCUT2D eigenvalue weighted by Crippen LogP contribution is -2.40. The molecule has 1 aromatic carbocycles. The van der Waals surface area contributed by atoms with Crippen molar-refractivity contribution in [3.8, 4) is 5.75 Å². The van der Waals surface area contributed by atoms with Gasteiger partial charge in [-0.15, -0.1) is 0 Å². The van der Waals surface area contributed by atoms with E-state index >= 15 is 0 Å². The summed E-state index contributed by atoms with van der Waals surface area (Å²) in [7, 11) is -1.57. The van der Waals surface area contributed by atoms with Gasteiger partial charge in [0.1, 0.15) is 5.75 Å². The molecule has 0 saturated heterocycles. The highest BCUT2D eigenvalue weighted by Crippen LogP contribution is 2.36. The normalized spacial score (nSPS) is 12.2. The number of benzene rings is 1. The van der Waals surface area contributed by atoms with Crippen LogP contribution in [0, 0.1) is 0 Å². The Morgan fingerprint density at radius 1 is 0.903 bits per heavy atom. The van der Waals surface area contributed by atoms with Gasteiger partial charge < -0.3 is 14.8 Å². The molecule has 2 N–H and O–H groups in total. The lowest BCUT2D eigenvalue weighted by molar-refractivity contribution is -0.121. The first-order valence-electron chi connectivity index (χ1n) is 12.3. The summed E-state index contributed by atoms with van der Waals surface area (Å²) >= 11 is 0. The summed E-state index contributed by atoms with van der Waals surface area (Å²) in [4.78, 5) is 11.9. The van der Waals surface area contributed by atoms with E-state index in [1.165, 1.54) is 44.9 Å². The summed E-state index contributed by atoms with van der Waals surface area (Å²) in [5.74, 6) is 0.429. The van der Waals surface area contributed by atoms with Crippen LogP contribution in [0.3, 0.4) is 0 Å². The minimum Gasteiger partial charge on any atom is -0.508 e. The van der Waals surface area contributed by atoms with Crippen molar-refractivity contribution in [3.05, 3.63) is 29.8 Å². The second-order valence-electron chi connectivity index (χ2n) is 10.3. The predicted molar refractivity (Wildman–Crippen MR) is 134 cm³/mol. The van der Waals surface area contributed by atoms with E-state index in [2.05, 4.69) is 39.2 Å².